The first kappa shape index (κ1) is 19.0. The Hall–Kier alpha value is -3.35. The lowest BCUT2D eigenvalue weighted by molar-refractivity contribution is -0.143. The minimum Gasteiger partial charge on any atom is -0.508 e. The molecule has 0 atom stereocenters. The molecule has 0 spiro atoms. The lowest BCUT2D eigenvalue weighted by Gasteiger charge is -2.07. The van der Waals surface area contributed by atoms with E-state index in [-0.39, 0.29) is 31.0 Å². The number of carbonyl (C=O) groups excluding carboxylic acids is 3. The lowest BCUT2D eigenvalue weighted by atomic mass is 10.1. The second-order valence-corrected chi connectivity index (χ2v) is 5.41. The number of hydrogen-bond acceptors (Lipinski definition) is 6. The van der Waals surface area contributed by atoms with E-state index in [4.69, 9.17) is 9.47 Å². The molecule has 0 saturated carbocycles. The SMILES string of the molecule is COc1ccc(C(=O)COC(=O)CCC(=O)Nc2cccc(O)c2)cc1. The third-order valence-electron chi connectivity index (χ3n) is 3.46. The first-order valence-electron chi connectivity index (χ1n) is 7.89. The number of phenolic OH excluding ortho intramolecular Hbond substituents is 1. The van der Waals surface area contributed by atoms with Crippen molar-refractivity contribution in [2.75, 3.05) is 19.0 Å². The summed E-state index contributed by atoms with van der Waals surface area (Å²) in [6.45, 7) is -0.390. The van der Waals surface area contributed by atoms with Crippen molar-refractivity contribution < 1.29 is 29.0 Å². The highest BCUT2D eigenvalue weighted by molar-refractivity contribution is 5.98. The third kappa shape index (κ3) is 5.94. The van der Waals surface area contributed by atoms with Crippen molar-refractivity contribution in [3.05, 3.63) is 54.1 Å². The number of esters is 1. The van der Waals surface area contributed by atoms with Crippen molar-refractivity contribution in [3.63, 3.8) is 0 Å². The van der Waals surface area contributed by atoms with Crippen molar-refractivity contribution in [2.45, 2.75) is 12.8 Å². The van der Waals surface area contributed by atoms with Crippen molar-refractivity contribution >= 4 is 23.3 Å². The average Bonchev–Trinajstić information content (AvgIpc) is 2.64. The summed E-state index contributed by atoms with van der Waals surface area (Å²) in [6.07, 6.45) is -0.244. The van der Waals surface area contributed by atoms with Crippen LogP contribution >= 0.6 is 0 Å². The Morgan fingerprint density at radius 2 is 1.77 bits per heavy atom. The van der Waals surface area contributed by atoms with Crippen LogP contribution in [0.25, 0.3) is 0 Å². The van der Waals surface area contributed by atoms with Crippen LogP contribution in [-0.4, -0.2) is 36.5 Å². The minimum atomic E-state index is -0.641. The maximum Gasteiger partial charge on any atom is 0.306 e. The number of aromatic hydroxyl groups is 1. The summed E-state index contributed by atoms with van der Waals surface area (Å²) in [7, 11) is 1.52. The Kier molecular flexibility index (Phi) is 6.73. The molecule has 7 nitrogen and oxygen atoms in total. The number of Topliss-reactive ketones (excluding diaryl/α,β-unsaturated/α-hetero) is 1. The fourth-order valence-corrected chi connectivity index (χ4v) is 2.10. The number of benzene rings is 2. The predicted molar refractivity (Wildman–Crippen MR) is 94.3 cm³/mol. The van der Waals surface area contributed by atoms with E-state index < -0.39 is 11.9 Å². The molecule has 0 fully saturated rings. The lowest BCUT2D eigenvalue weighted by Crippen LogP contribution is -2.17. The fraction of sp³-hybridized carbons (Fsp3) is 0.211. The highest BCUT2D eigenvalue weighted by atomic mass is 16.5. The Morgan fingerprint density at radius 1 is 1.04 bits per heavy atom. The molecule has 0 heterocycles. The summed E-state index contributed by atoms with van der Waals surface area (Å²) < 4.78 is 9.90. The van der Waals surface area contributed by atoms with Crippen LogP contribution < -0.4 is 10.1 Å². The molecule has 0 aliphatic heterocycles. The second-order valence-electron chi connectivity index (χ2n) is 5.41. The third-order valence-corrected chi connectivity index (χ3v) is 3.46. The van der Waals surface area contributed by atoms with Crippen LogP contribution in [0.1, 0.15) is 23.2 Å². The standard InChI is InChI=1S/C19H19NO6/c1-25-16-7-5-13(6-8-16)17(22)12-26-19(24)10-9-18(23)20-14-3-2-4-15(21)11-14/h2-8,11,21H,9-10,12H2,1H3,(H,20,23). The van der Waals surface area contributed by atoms with E-state index in [9.17, 15) is 19.5 Å². The zero-order chi connectivity index (χ0) is 18.9. The van der Waals surface area contributed by atoms with E-state index in [0.29, 0.717) is 17.0 Å². The average molecular weight is 357 g/mol. The number of ketones is 1. The smallest absolute Gasteiger partial charge is 0.306 e. The van der Waals surface area contributed by atoms with Gasteiger partial charge in [-0.15, -0.1) is 0 Å². The predicted octanol–water partition coefficient (Wildman–Crippen LogP) is 2.55. The summed E-state index contributed by atoms with van der Waals surface area (Å²) in [4.78, 5) is 35.4. The van der Waals surface area contributed by atoms with E-state index in [0.717, 1.165) is 0 Å². The molecule has 7 heteroatoms. The normalized spacial score (nSPS) is 10.0. The zero-order valence-electron chi connectivity index (χ0n) is 14.2. The van der Waals surface area contributed by atoms with Crippen molar-refractivity contribution in [1.29, 1.82) is 0 Å². The number of methoxy groups -OCH3 is 1. The molecule has 0 aliphatic rings. The van der Waals surface area contributed by atoms with Gasteiger partial charge in [0.1, 0.15) is 11.5 Å². The zero-order valence-corrected chi connectivity index (χ0v) is 14.2. The summed E-state index contributed by atoms with van der Waals surface area (Å²) in [5, 5.41) is 11.9. The maximum atomic E-state index is 11.9. The number of rotatable bonds is 8. The molecule has 26 heavy (non-hydrogen) atoms. The first-order chi connectivity index (χ1) is 12.5. The summed E-state index contributed by atoms with van der Waals surface area (Å²) in [5.41, 5.74) is 0.832. The van der Waals surface area contributed by atoms with Crippen LogP contribution in [0.3, 0.4) is 0 Å². The molecule has 2 aromatic carbocycles. The largest absolute Gasteiger partial charge is 0.508 e. The van der Waals surface area contributed by atoms with E-state index >= 15 is 0 Å². The van der Waals surface area contributed by atoms with Gasteiger partial charge in [-0.3, -0.25) is 14.4 Å². The van der Waals surface area contributed by atoms with E-state index in [1.54, 1.807) is 36.4 Å². The molecule has 136 valence electrons. The van der Waals surface area contributed by atoms with E-state index in [1.165, 1.54) is 19.2 Å². The van der Waals surface area contributed by atoms with Crippen LogP contribution in [-0.2, 0) is 14.3 Å². The topological polar surface area (TPSA) is 102 Å². The van der Waals surface area contributed by atoms with Gasteiger partial charge in [-0.05, 0) is 36.4 Å². The Labute approximate surface area is 150 Å². The molecule has 0 radical (unpaired) electrons. The number of carbonyl (C=O) groups is 3. The van der Waals surface area contributed by atoms with Gasteiger partial charge in [0.05, 0.1) is 13.5 Å². The highest BCUT2D eigenvalue weighted by Gasteiger charge is 2.12. The van der Waals surface area contributed by atoms with Crippen LogP contribution in [0.5, 0.6) is 11.5 Å². The highest BCUT2D eigenvalue weighted by Crippen LogP contribution is 2.16. The van der Waals surface area contributed by atoms with Gasteiger partial charge in [-0.25, -0.2) is 0 Å². The number of anilines is 1. The van der Waals surface area contributed by atoms with Crippen LogP contribution in [0.4, 0.5) is 5.69 Å². The van der Waals surface area contributed by atoms with Gasteiger partial charge in [-0.1, -0.05) is 6.07 Å². The molecular formula is C19H19NO6. The number of nitrogens with one attached hydrogen (secondary N) is 1. The van der Waals surface area contributed by atoms with E-state index in [1.807, 2.05) is 0 Å². The van der Waals surface area contributed by atoms with Crippen LogP contribution in [0.2, 0.25) is 0 Å². The molecule has 0 aliphatic carbocycles. The first-order valence-corrected chi connectivity index (χ1v) is 7.89. The van der Waals surface area contributed by atoms with Gasteiger partial charge >= 0.3 is 5.97 Å². The molecule has 0 unspecified atom stereocenters. The number of hydrogen-bond donors (Lipinski definition) is 2. The van der Waals surface area contributed by atoms with Crippen molar-refractivity contribution in [1.82, 2.24) is 0 Å². The van der Waals surface area contributed by atoms with Gasteiger partial charge in [0.2, 0.25) is 5.91 Å². The van der Waals surface area contributed by atoms with Gasteiger partial charge < -0.3 is 19.9 Å². The molecule has 1 amide bonds. The molecule has 0 bridgehead atoms. The van der Waals surface area contributed by atoms with E-state index in [2.05, 4.69) is 5.32 Å². The summed E-state index contributed by atoms with van der Waals surface area (Å²) in [5.74, 6) is -0.729. The van der Waals surface area contributed by atoms with Crippen LogP contribution in [0.15, 0.2) is 48.5 Å². The van der Waals surface area contributed by atoms with Gasteiger partial charge in [0.25, 0.3) is 0 Å². The van der Waals surface area contributed by atoms with Crippen molar-refractivity contribution in [2.24, 2.45) is 0 Å². The summed E-state index contributed by atoms with van der Waals surface area (Å²) in [6, 6.07) is 12.5. The molecule has 2 rings (SSSR count). The Morgan fingerprint density at radius 3 is 2.42 bits per heavy atom. The maximum absolute atomic E-state index is 11.9. The number of ether oxygens (including phenoxy) is 2. The van der Waals surface area contributed by atoms with Gasteiger partial charge in [0.15, 0.2) is 12.4 Å². The molecular weight excluding hydrogens is 338 g/mol. The minimum absolute atomic E-state index is 0.0271. The molecule has 2 aromatic rings. The molecule has 2 N–H and O–H groups in total. The summed E-state index contributed by atoms with van der Waals surface area (Å²) >= 11 is 0. The monoisotopic (exact) mass is 357 g/mol. The number of phenols is 1. The molecule has 0 saturated heterocycles. The fourth-order valence-electron chi connectivity index (χ4n) is 2.10. The van der Waals surface area contributed by atoms with Gasteiger partial charge in [0, 0.05) is 23.7 Å². The van der Waals surface area contributed by atoms with Crippen molar-refractivity contribution in [3.8, 4) is 11.5 Å². The molecule has 0 aromatic heterocycles. The van der Waals surface area contributed by atoms with Crippen LogP contribution in [0, 0.1) is 0 Å². The van der Waals surface area contributed by atoms with Gasteiger partial charge in [-0.2, -0.15) is 0 Å². The quantitative estimate of drug-likeness (QED) is 0.556. The number of amides is 1. The second kappa shape index (κ2) is 9.22. The Bertz CT molecular complexity index is 785. The Balaban J connectivity index is 1.72.